The second-order valence-corrected chi connectivity index (χ2v) is 10.3. The molecule has 1 saturated heterocycles. The zero-order valence-corrected chi connectivity index (χ0v) is 23.3. The number of rotatable bonds is 8. The normalized spacial score (nSPS) is 14.8. The topological polar surface area (TPSA) is 126 Å². The number of aryl methyl sites for hydroxylation is 2. The number of aliphatic hydroxyl groups is 1. The number of benzene rings is 1. The Morgan fingerprint density at radius 1 is 1.27 bits per heavy atom. The number of anilines is 2. The average molecular weight is 547 g/mol. The van der Waals surface area contributed by atoms with Gasteiger partial charge in [-0.1, -0.05) is 6.92 Å². The quantitative estimate of drug-likeness (QED) is 0.322. The fourth-order valence-electron chi connectivity index (χ4n) is 4.91. The third-order valence-electron chi connectivity index (χ3n) is 7.55. The largest absolute Gasteiger partial charge is 0.386 e. The van der Waals surface area contributed by atoms with E-state index in [0.717, 1.165) is 18.7 Å². The van der Waals surface area contributed by atoms with Crippen LogP contribution >= 0.6 is 0 Å². The highest BCUT2D eigenvalue weighted by Crippen LogP contribution is 2.29. The van der Waals surface area contributed by atoms with Crippen LogP contribution in [0, 0.1) is 25.6 Å². The first-order valence-corrected chi connectivity index (χ1v) is 13.2. The number of fused-ring (bicyclic) bond motifs is 3. The van der Waals surface area contributed by atoms with Gasteiger partial charge < -0.3 is 20.6 Å². The number of β-amino-alcohol motifs (C(OH)–C–C–N with tert-alkyl or cyclic N) is 1. The summed E-state index contributed by atoms with van der Waals surface area (Å²) in [7, 11) is 1.79. The molecule has 1 aliphatic heterocycles. The van der Waals surface area contributed by atoms with Gasteiger partial charge in [0.15, 0.2) is 11.5 Å². The standard InChI is InChI=1S/C27H33FN8O2.C2H2/c1-5-27(38)14-35(15-27)22-10-9-18(13-30-22)25(37)34(4)17(3)7-6-8-21-31-24-20-12-19(28)11-16(2)23(20)32-26(29)36(24)33-21;1-2/h9-13,17,38H,5-8,14-15H2,1-4H3,(H2,29,32);1-2H/t17-;/m0./s1. The number of hydrogen-bond donors (Lipinski definition) is 2. The first-order valence-electron chi connectivity index (χ1n) is 13.2. The first kappa shape index (κ1) is 28.7. The van der Waals surface area contributed by atoms with E-state index in [9.17, 15) is 14.3 Å². The molecule has 5 rings (SSSR count). The molecule has 1 atom stereocenters. The van der Waals surface area contributed by atoms with Crippen LogP contribution in [0.25, 0.3) is 16.6 Å². The van der Waals surface area contributed by atoms with Crippen molar-refractivity contribution in [3.63, 3.8) is 0 Å². The average Bonchev–Trinajstić information content (AvgIpc) is 3.37. The Hall–Kier alpha value is -4.30. The minimum atomic E-state index is -0.640. The first-order chi connectivity index (χ1) is 19.1. The van der Waals surface area contributed by atoms with Gasteiger partial charge >= 0.3 is 0 Å². The van der Waals surface area contributed by atoms with Gasteiger partial charge in [-0.2, -0.15) is 4.52 Å². The molecule has 3 N–H and O–H groups in total. The number of nitrogens with two attached hydrogens (primary N) is 1. The monoisotopic (exact) mass is 546 g/mol. The molecule has 1 amide bonds. The summed E-state index contributed by atoms with van der Waals surface area (Å²) in [6, 6.07) is 6.42. The van der Waals surface area contributed by atoms with E-state index in [2.05, 4.69) is 32.9 Å². The van der Waals surface area contributed by atoms with Crippen molar-refractivity contribution in [3.05, 3.63) is 53.2 Å². The molecule has 10 nitrogen and oxygen atoms in total. The van der Waals surface area contributed by atoms with E-state index in [1.54, 1.807) is 31.1 Å². The smallest absolute Gasteiger partial charge is 0.255 e. The van der Waals surface area contributed by atoms with Gasteiger partial charge in [-0.25, -0.2) is 19.3 Å². The molecule has 11 heteroatoms. The summed E-state index contributed by atoms with van der Waals surface area (Å²) in [5, 5.41) is 15.3. The van der Waals surface area contributed by atoms with Crippen molar-refractivity contribution < 1.29 is 14.3 Å². The Bertz CT molecular complexity index is 1540. The number of hydrogen-bond acceptors (Lipinski definition) is 8. The van der Waals surface area contributed by atoms with Crippen molar-refractivity contribution in [2.75, 3.05) is 30.8 Å². The van der Waals surface area contributed by atoms with Crippen molar-refractivity contribution in [3.8, 4) is 12.8 Å². The number of carbonyl (C=O) groups is 1. The summed E-state index contributed by atoms with van der Waals surface area (Å²) >= 11 is 0. The fourth-order valence-corrected chi connectivity index (χ4v) is 4.91. The maximum atomic E-state index is 14.0. The van der Waals surface area contributed by atoms with E-state index in [1.165, 1.54) is 16.6 Å². The molecule has 3 aromatic heterocycles. The van der Waals surface area contributed by atoms with E-state index >= 15 is 0 Å². The van der Waals surface area contributed by atoms with Crippen molar-refractivity contribution in [2.24, 2.45) is 0 Å². The van der Waals surface area contributed by atoms with E-state index < -0.39 is 5.60 Å². The Morgan fingerprint density at radius 2 is 2.00 bits per heavy atom. The molecule has 0 saturated carbocycles. The predicted octanol–water partition coefficient (Wildman–Crippen LogP) is 3.40. The van der Waals surface area contributed by atoms with Gasteiger partial charge in [-0.3, -0.25) is 4.79 Å². The summed E-state index contributed by atoms with van der Waals surface area (Å²) in [4.78, 5) is 30.2. The Balaban J connectivity index is 0.00000181. The van der Waals surface area contributed by atoms with Crippen molar-refractivity contribution in [1.82, 2.24) is 29.5 Å². The fraction of sp³-hybridized carbons (Fsp3) is 0.414. The molecular formula is C29H35FN8O2. The lowest BCUT2D eigenvalue weighted by molar-refractivity contribution is 0.00805. The van der Waals surface area contributed by atoms with Gasteiger partial charge in [0.25, 0.3) is 5.91 Å². The minimum Gasteiger partial charge on any atom is -0.386 e. The van der Waals surface area contributed by atoms with E-state index in [4.69, 9.17) is 5.73 Å². The molecule has 4 aromatic rings. The highest BCUT2D eigenvalue weighted by Gasteiger charge is 2.40. The number of aromatic nitrogens is 5. The molecule has 1 aromatic carbocycles. The van der Waals surface area contributed by atoms with Gasteiger partial charge in [-0.15, -0.1) is 17.9 Å². The molecule has 1 fully saturated rings. The van der Waals surface area contributed by atoms with E-state index in [1.807, 2.05) is 24.8 Å². The van der Waals surface area contributed by atoms with E-state index in [-0.39, 0.29) is 23.7 Å². The molecule has 0 radical (unpaired) electrons. The maximum absolute atomic E-state index is 14.0. The third-order valence-corrected chi connectivity index (χ3v) is 7.55. The Morgan fingerprint density at radius 3 is 2.65 bits per heavy atom. The van der Waals surface area contributed by atoms with Crippen molar-refractivity contribution >= 4 is 34.2 Å². The van der Waals surface area contributed by atoms with Crippen molar-refractivity contribution in [1.29, 1.82) is 0 Å². The summed E-state index contributed by atoms with van der Waals surface area (Å²) < 4.78 is 15.5. The second kappa shape index (κ2) is 11.4. The third kappa shape index (κ3) is 5.53. The second-order valence-electron chi connectivity index (χ2n) is 10.3. The van der Waals surface area contributed by atoms with Crippen LogP contribution in [-0.2, 0) is 6.42 Å². The van der Waals surface area contributed by atoms with Crippen molar-refractivity contribution in [2.45, 2.75) is 58.1 Å². The lowest BCUT2D eigenvalue weighted by Gasteiger charge is -2.46. The highest BCUT2D eigenvalue weighted by atomic mass is 19.1. The molecule has 1 aliphatic rings. The SMILES string of the molecule is C#C.CCC1(O)CN(c2ccc(C(=O)N(C)[C@@H](C)CCCc3nc4c5cc(F)cc(C)c5nc(N)n4n3)cn2)C1. The lowest BCUT2D eigenvalue weighted by atomic mass is 9.91. The number of halogens is 1. The van der Waals surface area contributed by atoms with Crippen LogP contribution in [0.1, 0.15) is 54.9 Å². The Labute approximate surface area is 233 Å². The predicted molar refractivity (Wildman–Crippen MR) is 153 cm³/mol. The molecule has 210 valence electrons. The minimum absolute atomic E-state index is 0.0153. The molecule has 40 heavy (non-hydrogen) atoms. The maximum Gasteiger partial charge on any atom is 0.255 e. The van der Waals surface area contributed by atoms with Gasteiger partial charge in [0.05, 0.1) is 16.7 Å². The van der Waals surface area contributed by atoms with Gasteiger partial charge in [-0.05, 0) is 62.9 Å². The zero-order chi connectivity index (χ0) is 29.2. The van der Waals surface area contributed by atoms with Gasteiger partial charge in [0.1, 0.15) is 11.6 Å². The zero-order valence-electron chi connectivity index (χ0n) is 23.3. The summed E-state index contributed by atoms with van der Waals surface area (Å²) in [5.74, 6) is 1.10. The van der Waals surface area contributed by atoms with Gasteiger partial charge in [0, 0.05) is 44.2 Å². The van der Waals surface area contributed by atoms with Crippen LogP contribution < -0.4 is 10.6 Å². The van der Waals surface area contributed by atoms with E-state index in [0.29, 0.717) is 59.4 Å². The van der Waals surface area contributed by atoms with Crippen LogP contribution in [0.4, 0.5) is 16.2 Å². The number of pyridine rings is 1. The molecular weight excluding hydrogens is 511 g/mol. The molecule has 0 aliphatic carbocycles. The summed E-state index contributed by atoms with van der Waals surface area (Å²) in [6.45, 7) is 6.86. The highest BCUT2D eigenvalue weighted by molar-refractivity contribution is 5.94. The van der Waals surface area contributed by atoms with Crippen LogP contribution in [-0.4, -0.2) is 72.3 Å². The number of nitrogens with zero attached hydrogens (tertiary/aromatic N) is 7. The summed E-state index contributed by atoms with van der Waals surface area (Å²) in [5.41, 5.74) is 7.76. The van der Waals surface area contributed by atoms with Crippen LogP contribution in [0.3, 0.4) is 0 Å². The Kier molecular flexibility index (Phi) is 8.21. The number of nitrogen functional groups attached to an aromatic ring is 1. The molecule has 0 unspecified atom stereocenters. The molecule has 4 heterocycles. The molecule has 0 bridgehead atoms. The van der Waals surface area contributed by atoms with Crippen LogP contribution in [0.5, 0.6) is 0 Å². The van der Waals surface area contributed by atoms with Crippen LogP contribution in [0.2, 0.25) is 0 Å². The number of terminal acetylenes is 1. The molecule has 0 spiro atoms. The lowest BCUT2D eigenvalue weighted by Crippen LogP contribution is -2.61. The summed E-state index contributed by atoms with van der Waals surface area (Å²) in [6.07, 6.45) is 12.4. The van der Waals surface area contributed by atoms with Gasteiger partial charge in [0.2, 0.25) is 5.95 Å². The number of amides is 1. The number of carbonyl (C=O) groups excluding carboxylic acids is 1. The van der Waals surface area contributed by atoms with Crippen LogP contribution in [0.15, 0.2) is 30.5 Å².